The number of H-pyrrole nitrogens is 1. The molecule has 2 aromatic carbocycles. The summed E-state index contributed by atoms with van der Waals surface area (Å²) in [6.07, 6.45) is 0. The molecular formula is C16H12ClN. The van der Waals surface area contributed by atoms with E-state index in [0.29, 0.717) is 0 Å². The van der Waals surface area contributed by atoms with Gasteiger partial charge in [-0.05, 0) is 35.4 Å². The molecule has 0 saturated heterocycles. The van der Waals surface area contributed by atoms with Crippen LogP contribution in [0.2, 0.25) is 5.02 Å². The number of fused-ring (bicyclic) bond motifs is 1. The number of para-hydroxylation sites is 1. The van der Waals surface area contributed by atoms with Gasteiger partial charge in [-0.3, -0.25) is 0 Å². The highest BCUT2D eigenvalue weighted by Gasteiger charge is 2.05. The summed E-state index contributed by atoms with van der Waals surface area (Å²) in [5.74, 6) is 0. The van der Waals surface area contributed by atoms with Crippen LogP contribution in [-0.4, -0.2) is 4.98 Å². The summed E-state index contributed by atoms with van der Waals surface area (Å²) in [5.41, 5.74) is 4.22. The van der Waals surface area contributed by atoms with Crippen LogP contribution in [0.25, 0.3) is 16.5 Å². The summed E-state index contributed by atoms with van der Waals surface area (Å²) in [6, 6.07) is 18.0. The van der Waals surface area contributed by atoms with Gasteiger partial charge in [-0.25, -0.2) is 0 Å². The molecule has 1 N–H and O–H groups in total. The molecule has 0 amide bonds. The first kappa shape index (κ1) is 11.1. The fourth-order valence-electron chi connectivity index (χ4n) is 2.04. The average Bonchev–Trinajstić information content (AvgIpc) is 2.82. The third kappa shape index (κ3) is 1.93. The van der Waals surface area contributed by atoms with Crippen LogP contribution in [0.5, 0.6) is 0 Å². The molecule has 88 valence electrons. The van der Waals surface area contributed by atoms with Crippen LogP contribution in [0.4, 0.5) is 0 Å². The smallest absolute Gasteiger partial charge is 0.0464 e. The summed E-state index contributed by atoms with van der Waals surface area (Å²) in [6.45, 7) is 4.15. The van der Waals surface area contributed by atoms with Crippen molar-refractivity contribution in [2.75, 3.05) is 0 Å². The van der Waals surface area contributed by atoms with Gasteiger partial charge in [-0.1, -0.05) is 48.5 Å². The summed E-state index contributed by atoms with van der Waals surface area (Å²) in [4.78, 5) is 3.38. The highest BCUT2D eigenvalue weighted by Crippen LogP contribution is 2.25. The van der Waals surface area contributed by atoms with Gasteiger partial charge >= 0.3 is 0 Å². The van der Waals surface area contributed by atoms with E-state index in [0.717, 1.165) is 27.4 Å². The number of rotatable bonds is 2. The Morgan fingerprint density at radius 3 is 2.44 bits per heavy atom. The van der Waals surface area contributed by atoms with Crippen molar-refractivity contribution in [3.05, 3.63) is 77.5 Å². The van der Waals surface area contributed by atoms with Gasteiger partial charge in [0.2, 0.25) is 0 Å². The van der Waals surface area contributed by atoms with Crippen molar-refractivity contribution >= 4 is 28.1 Å². The lowest BCUT2D eigenvalue weighted by molar-refractivity contribution is 1.39. The van der Waals surface area contributed by atoms with E-state index in [-0.39, 0.29) is 0 Å². The number of hydrogen-bond acceptors (Lipinski definition) is 0. The molecular weight excluding hydrogens is 242 g/mol. The summed E-state index contributed by atoms with van der Waals surface area (Å²) in [7, 11) is 0. The molecule has 0 radical (unpaired) electrons. The SMILES string of the molecule is C=C(c1ccc(Cl)cc1)c1cc2ccccc2[nH]1. The summed E-state index contributed by atoms with van der Waals surface area (Å²) in [5, 5.41) is 1.94. The lowest BCUT2D eigenvalue weighted by Crippen LogP contribution is -1.85. The molecule has 0 atom stereocenters. The van der Waals surface area contributed by atoms with Crippen LogP contribution in [0.15, 0.2) is 61.2 Å². The van der Waals surface area contributed by atoms with Gasteiger partial charge in [0.05, 0.1) is 0 Å². The van der Waals surface area contributed by atoms with Crippen molar-refractivity contribution in [1.29, 1.82) is 0 Å². The lowest BCUT2D eigenvalue weighted by Gasteiger charge is -2.03. The van der Waals surface area contributed by atoms with Crippen molar-refractivity contribution in [1.82, 2.24) is 4.98 Å². The maximum atomic E-state index is 5.89. The van der Waals surface area contributed by atoms with Crippen LogP contribution in [0.3, 0.4) is 0 Å². The second-order valence-corrected chi connectivity index (χ2v) is 4.69. The van der Waals surface area contributed by atoms with E-state index in [9.17, 15) is 0 Å². The monoisotopic (exact) mass is 253 g/mol. The van der Waals surface area contributed by atoms with Gasteiger partial charge in [0.25, 0.3) is 0 Å². The number of aromatic amines is 1. The first-order chi connectivity index (χ1) is 8.74. The standard InChI is InChI=1S/C16H12ClN/c1-11(12-6-8-14(17)9-7-12)16-10-13-4-2-3-5-15(13)18-16/h2-10,18H,1H2. The Bertz CT molecular complexity index is 674. The maximum absolute atomic E-state index is 5.89. The van der Waals surface area contributed by atoms with E-state index in [1.165, 1.54) is 5.39 Å². The van der Waals surface area contributed by atoms with Crippen molar-refractivity contribution < 1.29 is 0 Å². The second kappa shape index (κ2) is 4.35. The van der Waals surface area contributed by atoms with Crippen LogP contribution in [-0.2, 0) is 0 Å². The summed E-state index contributed by atoms with van der Waals surface area (Å²) < 4.78 is 0. The topological polar surface area (TPSA) is 15.8 Å². The number of aromatic nitrogens is 1. The van der Waals surface area contributed by atoms with Crippen molar-refractivity contribution in [3.8, 4) is 0 Å². The normalized spacial score (nSPS) is 10.7. The largest absolute Gasteiger partial charge is 0.355 e. The molecule has 0 spiro atoms. The van der Waals surface area contributed by atoms with E-state index in [4.69, 9.17) is 11.6 Å². The molecule has 0 saturated carbocycles. The molecule has 0 aliphatic rings. The Kier molecular flexibility index (Phi) is 2.69. The minimum absolute atomic E-state index is 0.739. The van der Waals surface area contributed by atoms with Crippen LogP contribution >= 0.6 is 11.6 Å². The Hall–Kier alpha value is -1.99. The molecule has 18 heavy (non-hydrogen) atoms. The van der Waals surface area contributed by atoms with Gasteiger partial charge in [-0.2, -0.15) is 0 Å². The second-order valence-electron chi connectivity index (χ2n) is 4.26. The van der Waals surface area contributed by atoms with Gasteiger partial charge in [-0.15, -0.1) is 0 Å². The first-order valence-corrected chi connectivity index (χ1v) is 6.15. The highest BCUT2D eigenvalue weighted by molar-refractivity contribution is 6.30. The lowest BCUT2D eigenvalue weighted by atomic mass is 10.0. The van der Waals surface area contributed by atoms with Crippen molar-refractivity contribution in [2.24, 2.45) is 0 Å². The fraction of sp³-hybridized carbons (Fsp3) is 0. The molecule has 1 aromatic heterocycles. The molecule has 0 fully saturated rings. The molecule has 2 heteroatoms. The predicted molar refractivity (Wildman–Crippen MR) is 77.9 cm³/mol. The van der Waals surface area contributed by atoms with Crippen molar-refractivity contribution in [2.45, 2.75) is 0 Å². The molecule has 0 unspecified atom stereocenters. The van der Waals surface area contributed by atoms with E-state index >= 15 is 0 Å². The Morgan fingerprint density at radius 1 is 1.00 bits per heavy atom. The molecule has 1 heterocycles. The van der Waals surface area contributed by atoms with Crippen LogP contribution in [0, 0.1) is 0 Å². The van der Waals surface area contributed by atoms with Gasteiger partial charge in [0.15, 0.2) is 0 Å². The van der Waals surface area contributed by atoms with Crippen LogP contribution < -0.4 is 0 Å². The molecule has 0 bridgehead atoms. The quantitative estimate of drug-likeness (QED) is 0.670. The first-order valence-electron chi connectivity index (χ1n) is 5.77. The zero-order chi connectivity index (χ0) is 12.5. The Balaban J connectivity index is 2.03. The molecule has 0 aliphatic heterocycles. The number of hydrogen-bond donors (Lipinski definition) is 1. The third-order valence-corrected chi connectivity index (χ3v) is 3.30. The predicted octanol–water partition coefficient (Wildman–Crippen LogP) is 4.88. The molecule has 0 aliphatic carbocycles. The number of benzene rings is 2. The average molecular weight is 254 g/mol. The Labute approximate surface area is 111 Å². The zero-order valence-electron chi connectivity index (χ0n) is 9.78. The van der Waals surface area contributed by atoms with E-state index < -0.39 is 0 Å². The van der Waals surface area contributed by atoms with Crippen LogP contribution in [0.1, 0.15) is 11.3 Å². The molecule has 3 aromatic rings. The minimum Gasteiger partial charge on any atom is -0.355 e. The van der Waals surface area contributed by atoms with E-state index in [2.05, 4.69) is 29.8 Å². The summed E-state index contributed by atoms with van der Waals surface area (Å²) >= 11 is 5.89. The van der Waals surface area contributed by atoms with Gasteiger partial charge < -0.3 is 4.98 Å². The van der Waals surface area contributed by atoms with E-state index in [1.807, 2.05) is 36.4 Å². The minimum atomic E-state index is 0.739. The zero-order valence-corrected chi connectivity index (χ0v) is 10.5. The third-order valence-electron chi connectivity index (χ3n) is 3.05. The van der Waals surface area contributed by atoms with Gasteiger partial charge in [0, 0.05) is 21.6 Å². The molecule has 3 rings (SSSR count). The van der Waals surface area contributed by atoms with E-state index in [1.54, 1.807) is 0 Å². The fourth-order valence-corrected chi connectivity index (χ4v) is 2.17. The highest BCUT2D eigenvalue weighted by atomic mass is 35.5. The Morgan fingerprint density at radius 2 is 1.72 bits per heavy atom. The number of nitrogens with one attached hydrogen (secondary N) is 1. The van der Waals surface area contributed by atoms with Gasteiger partial charge in [0.1, 0.15) is 0 Å². The maximum Gasteiger partial charge on any atom is 0.0464 e. The number of halogens is 1. The van der Waals surface area contributed by atoms with Crippen molar-refractivity contribution in [3.63, 3.8) is 0 Å². The molecule has 1 nitrogen and oxygen atoms in total.